The van der Waals surface area contributed by atoms with Crippen LogP contribution in [0.5, 0.6) is 0 Å². The lowest BCUT2D eigenvalue weighted by molar-refractivity contribution is 0.0627. The molecular formula is C18H22ClN3OS. The molecule has 0 N–H and O–H groups in total. The van der Waals surface area contributed by atoms with Crippen molar-refractivity contribution in [3.8, 4) is 0 Å². The van der Waals surface area contributed by atoms with Gasteiger partial charge in [0.15, 0.2) is 0 Å². The van der Waals surface area contributed by atoms with E-state index in [0.717, 1.165) is 38.4 Å². The summed E-state index contributed by atoms with van der Waals surface area (Å²) in [7, 11) is 0. The number of amides is 1. The molecule has 0 aliphatic carbocycles. The number of hydrogen-bond donors (Lipinski definition) is 0. The second kappa shape index (κ2) is 7.64. The zero-order chi connectivity index (χ0) is 17.1. The van der Waals surface area contributed by atoms with Gasteiger partial charge in [-0.2, -0.15) is 0 Å². The maximum absolute atomic E-state index is 12.5. The molecule has 1 aliphatic rings. The van der Waals surface area contributed by atoms with E-state index in [2.05, 4.69) is 24.1 Å². The lowest BCUT2D eigenvalue weighted by atomic mass is 10.2. The average Bonchev–Trinajstić information content (AvgIpc) is 3.04. The second-order valence-corrected chi connectivity index (χ2v) is 7.74. The van der Waals surface area contributed by atoms with Gasteiger partial charge < -0.3 is 4.90 Å². The highest BCUT2D eigenvalue weighted by Gasteiger charge is 2.22. The molecule has 1 fully saturated rings. The number of piperazine rings is 1. The first-order valence-corrected chi connectivity index (χ1v) is 9.50. The Morgan fingerprint density at radius 1 is 1.29 bits per heavy atom. The Morgan fingerprint density at radius 3 is 2.67 bits per heavy atom. The number of hydrogen-bond acceptors (Lipinski definition) is 4. The van der Waals surface area contributed by atoms with E-state index in [-0.39, 0.29) is 5.91 Å². The van der Waals surface area contributed by atoms with Gasteiger partial charge in [-0.3, -0.25) is 9.69 Å². The highest BCUT2D eigenvalue weighted by molar-refractivity contribution is 7.09. The van der Waals surface area contributed by atoms with Crippen LogP contribution in [0.2, 0.25) is 5.02 Å². The van der Waals surface area contributed by atoms with Crippen LogP contribution in [-0.4, -0.2) is 46.9 Å². The van der Waals surface area contributed by atoms with Gasteiger partial charge in [0.1, 0.15) is 0 Å². The van der Waals surface area contributed by atoms with Crippen molar-refractivity contribution in [2.45, 2.75) is 26.3 Å². The van der Waals surface area contributed by atoms with Crippen molar-refractivity contribution in [3.63, 3.8) is 0 Å². The molecule has 4 nitrogen and oxygen atoms in total. The molecular weight excluding hydrogens is 342 g/mol. The van der Waals surface area contributed by atoms with Crippen molar-refractivity contribution in [1.29, 1.82) is 0 Å². The van der Waals surface area contributed by atoms with Crippen molar-refractivity contribution < 1.29 is 4.79 Å². The average molecular weight is 364 g/mol. The van der Waals surface area contributed by atoms with Crippen LogP contribution in [-0.2, 0) is 6.54 Å². The molecule has 3 rings (SSSR count). The van der Waals surface area contributed by atoms with Crippen LogP contribution in [0.25, 0.3) is 0 Å². The van der Waals surface area contributed by atoms with Crippen LogP contribution in [0.15, 0.2) is 29.6 Å². The van der Waals surface area contributed by atoms with Crippen molar-refractivity contribution in [2.24, 2.45) is 0 Å². The summed E-state index contributed by atoms with van der Waals surface area (Å²) in [6.45, 7) is 8.44. The third kappa shape index (κ3) is 4.15. The highest BCUT2D eigenvalue weighted by atomic mass is 35.5. The molecule has 6 heteroatoms. The van der Waals surface area contributed by atoms with Gasteiger partial charge in [-0.15, -0.1) is 11.3 Å². The van der Waals surface area contributed by atoms with E-state index in [4.69, 9.17) is 16.6 Å². The fourth-order valence-electron chi connectivity index (χ4n) is 2.80. The zero-order valence-corrected chi connectivity index (χ0v) is 15.6. The first-order valence-electron chi connectivity index (χ1n) is 8.24. The van der Waals surface area contributed by atoms with Crippen LogP contribution >= 0.6 is 22.9 Å². The van der Waals surface area contributed by atoms with Gasteiger partial charge in [-0.25, -0.2) is 4.98 Å². The Balaban J connectivity index is 1.54. The van der Waals surface area contributed by atoms with Gasteiger partial charge in [0, 0.05) is 54.6 Å². The fourth-order valence-corrected chi connectivity index (χ4v) is 3.82. The number of carbonyl (C=O) groups is 1. The fraction of sp³-hybridized carbons (Fsp3) is 0.444. The molecule has 1 aromatic carbocycles. The minimum Gasteiger partial charge on any atom is -0.336 e. The Kier molecular flexibility index (Phi) is 5.54. The normalized spacial score (nSPS) is 15.9. The molecule has 0 saturated carbocycles. The van der Waals surface area contributed by atoms with Crippen molar-refractivity contribution in [1.82, 2.24) is 14.8 Å². The van der Waals surface area contributed by atoms with E-state index in [1.807, 2.05) is 17.0 Å². The molecule has 0 spiro atoms. The summed E-state index contributed by atoms with van der Waals surface area (Å²) < 4.78 is 0. The predicted molar refractivity (Wildman–Crippen MR) is 98.8 cm³/mol. The van der Waals surface area contributed by atoms with E-state index in [1.165, 1.54) is 5.01 Å². The van der Waals surface area contributed by atoms with E-state index >= 15 is 0 Å². The van der Waals surface area contributed by atoms with Gasteiger partial charge >= 0.3 is 0 Å². The van der Waals surface area contributed by atoms with Crippen molar-refractivity contribution >= 4 is 28.8 Å². The van der Waals surface area contributed by atoms with Crippen molar-refractivity contribution in [2.75, 3.05) is 26.2 Å². The number of benzene rings is 1. The first-order chi connectivity index (χ1) is 11.5. The predicted octanol–water partition coefficient (Wildman–Crippen LogP) is 3.88. The summed E-state index contributed by atoms with van der Waals surface area (Å²) in [5.74, 6) is 0.545. The quantitative estimate of drug-likeness (QED) is 0.827. The Bertz CT molecular complexity index is 708. The van der Waals surface area contributed by atoms with Crippen LogP contribution in [0.3, 0.4) is 0 Å². The van der Waals surface area contributed by atoms with Gasteiger partial charge in [0.25, 0.3) is 5.91 Å². The van der Waals surface area contributed by atoms with Gasteiger partial charge in [-0.05, 0) is 18.2 Å². The minimum atomic E-state index is 0.0629. The molecule has 24 heavy (non-hydrogen) atoms. The van der Waals surface area contributed by atoms with Crippen molar-refractivity contribution in [3.05, 3.63) is 50.9 Å². The molecule has 0 atom stereocenters. The van der Waals surface area contributed by atoms with Gasteiger partial charge in [0.05, 0.1) is 10.7 Å². The minimum absolute atomic E-state index is 0.0629. The summed E-state index contributed by atoms with van der Waals surface area (Å²) >= 11 is 7.72. The highest BCUT2D eigenvalue weighted by Crippen LogP contribution is 2.20. The SMILES string of the molecule is CC(C)c1nc(CN2CCN(C(=O)c3cccc(Cl)c3)CC2)cs1. The Hall–Kier alpha value is -1.43. The molecule has 1 aliphatic heterocycles. The third-order valence-corrected chi connectivity index (χ3v) is 5.61. The van der Waals surface area contributed by atoms with E-state index < -0.39 is 0 Å². The summed E-state index contributed by atoms with van der Waals surface area (Å²) in [5, 5.41) is 3.95. The molecule has 1 amide bonds. The van der Waals surface area contributed by atoms with E-state index in [9.17, 15) is 4.79 Å². The third-order valence-electron chi connectivity index (χ3n) is 4.18. The van der Waals surface area contributed by atoms with Crippen LogP contribution in [0.1, 0.15) is 40.8 Å². The van der Waals surface area contributed by atoms with Gasteiger partial charge in [0.2, 0.25) is 0 Å². The molecule has 2 aromatic rings. The summed E-state index contributed by atoms with van der Waals surface area (Å²) in [5.41, 5.74) is 1.80. The first kappa shape index (κ1) is 17.4. The summed E-state index contributed by atoms with van der Waals surface area (Å²) in [6.07, 6.45) is 0. The van der Waals surface area contributed by atoms with Gasteiger partial charge in [-0.1, -0.05) is 31.5 Å². The van der Waals surface area contributed by atoms with Crippen LogP contribution < -0.4 is 0 Å². The lowest BCUT2D eigenvalue weighted by Gasteiger charge is -2.34. The molecule has 2 heterocycles. The molecule has 128 valence electrons. The lowest BCUT2D eigenvalue weighted by Crippen LogP contribution is -2.48. The second-order valence-electron chi connectivity index (χ2n) is 6.41. The molecule has 1 saturated heterocycles. The number of nitrogens with zero attached hydrogens (tertiary/aromatic N) is 3. The largest absolute Gasteiger partial charge is 0.336 e. The summed E-state index contributed by atoms with van der Waals surface area (Å²) in [6, 6.07) is 7.16. The molecule has 1 aromatic heterocycles. The van der Waals surface area contributed by atoms with Crippen LogP contribution in [0, 0.1) is 0 Å². The maximum atomic E-state index is 12.5. The zero-order valence-electron chi connectivity index (χ0n) is 14.0. The number of rotatable bonds is 4. The standard InChI is InChI=1S/C18H22ClN3OS/c1-13(2)17-20-16(12-24-17)11-21-6-8-22(9-7-21)18(23)14-4-3-5-15(19)10-14/h3-5,10,12-13H,6-9,11H2,1-2H3. The van der Waals surface area contributed by atoms with E-state index in [1.54, 1.807) is 23.5 Å². The van der Waals surface area contributed by atoms with E-state index in [0.29, 0.717) is 16.5 Å². The number of aromatic nitrogens is 1. The maximum Gasteiger partial charge on any atom is 0.253 e. The Morgan fingerprint density at radius 2 is 2.04 bits per heavy atom. The topological polar surface area (TPSA) is 36.4 Å². The molecule has 0 radical (unpaired) electrons. The Labute approximate surface area is 152 Å². The number of carbonyl (C=O) groups excluding carboxylic acids is 1. The smallest absolute Gasteiger partial charge is 0.253 e. The summed E-state index contributed by atoms with van der Waals surface area (Å²) in [4.78, 5) is 21.5. The number of halogens is 1. The molecule has 0 unspecified atom stereocenters. The monoisotopic (exact) mass is 363 g/mol. The number of thiazole rings is 1. The molecule has 0 bridgehead atoms. The van der Waals surface area contributed by atoms with Crippen LogP contribution in [0.4, 0.5) is 0 Å².